The Morgan fingerprint density at radius 1 is 1.77 bits per heavy atom. The monoisotopic (exact) mass is 244 g/mol. The molecule has 1 saturated carbocycles. The van der Waals surface area contributed by atoms with Gasteiger partial charge in [-0.15, -0.1) is 0 Å². The summed E-state index contributed by atoms with van der Waals surface area (Å²) in [6, 6.07) is 0.138. The minimum atomic E-state index is -0.592. The first-order valence-corrected chi connectivity index (χ1v) is 5.31. The lowest BCUT2D eigenvalue weighted by Gasteiger charge is -2.25. The maximum absolute atomic E-state index is 10.0. The van der Waals surface area contributed by atoms with Gasteiger partial charge in [-0.25, -0.2) is 0 Å². The number of nitrogens with zero attached hydrogens (tertiary/aromatic N) is 2. The zero-order valence-corrected chi connectivity index (χ0v) is 9.16. The van der Waals surface area contributed by atoms with E-state index in [-0.39, 0.29) is 6.04 Å². The van der Waals surface area contributed by atoms with E-state index < -0.39 is 5.60 Å². The second-order valence-electron chi connectivity index (χ2n) is 3.90. The molecule has 1 N–H and O–H groups in total. The Morgan fingerprint density at radius 3 is 3.00 bits per heavy atom. The number of halogens is 1. The molecule has 2 rings (SSSR count). The Balaban J connectivity index is 2.26. The number of hydrogen-bond donors (Lipinski definition) is 1. The number of hydrogen-bond acceptors (Lipinski definition) is 2. The molecule has 0 amide bonds. The molecule has 1 aromatic rings. The normalized spacial score (nSPS) is 33.9. The Labute approximate surface area is 85.9 Å². The molecule has 1 aliphatic rings. The van der Waals surface area contributed by atoms with E-state index >= 15 is 0 Å². The number of aliphatic hydroxyl groups is 1. The van der Waals surface area contributed by atoms with Crippen molar-refractivity contribution in [2.24, 2.45) is 0 Å². The highest BCUT2D eigenvalue weighted by Crippen LogP contribution is 2.38. The van der Waals surface area contributed by atoms with Crippen molar-refractivity contribution < 1.29 is 5.11 Å². The van der Waals surface area contributed by atoms with Gasteiger partial charge in [-0.1, -0.05) is 0 Å². The van der Waals surface area contributed by atoms with Crippen molar-refractivity contribution in [2.75, 3.05) is 0 Å². The largest absolute Gasteiger partial charge is 0.388 e. The molecule has 2 atom stereocenters. The molecule has 2 unspecified atom stereocenters. The molecule has 1 heterocycles. The third kappa shape index (κ3) is 1.65. The molecule has 4 heteroatoms. The van der Waals surface area contributed by atoms with Crippen molar-refractivity contribution in [2.45, 2.75) is 37.8 Å². The Hall–Kier alpha value is -0.350. The molecule has 0 radical (unpaired) electrons. The highest BCUT2D eigenvalue weighted by Gasteiger charge is 2.38. The summed E-state index contributed by atoms with van der Waals surface area (Å²) in [4.78, 5) is 0. The van der Waals surface area contributed by atoms with E-state index in [1.54, 1.807) is 6.20 Å². The first-order chi connectivity index (χ1) is 6.09. The van der Waals surface area contributed by atoms with Crippen molar-refractivity contribution >= 4 is 15.9 Å². The minimum absolute atomic E-state index is 0.138. The van der Waals surface area contributed by atoms with Gasteiger partial charge in [0.2, 0.25) is 0 Å². The summed E-state index contributed by atoms with van der Waals surface area (Å²) >= 11 is 3.35. The zero-order valence-electron chi connectivity index (χ0n) is 7.57. The van der Waals surface area contributed by atoms with E-state index in [0.717, 1.165) is 23.7 Å². The van der Waals surface area contributed by atoms with Crippen LogP contribution >= 0.6 is 15.9 Å². The smallest absolute Gasteiger partial charge is 0.0842 e. The van der Waals surface area contributed by atoms with Gasteiger partial charge >= 0.3 is 0 Å². The Morgan fingerprint density at radius 2 is 2.54 bits per heavy atom. The molecule has 3 nitrogen and oxygen atoms in total. The van der Waals surface area contributed by atoms with Gasteiger partial charge in [0.25, 0.3) is 0 Å². The van der Waals surface area contributed by atoms with Crippen molar-refractivity contribution in [1.29, 1.82) is 0 Å². The van der Waals surface area contributed by atoms with Crippen molar-refractivity contribution in [3.05, 3.63) is 16.9 Å². The van der Waals surface area contributed by atoms with Gasteiger partial charge < -0.3 is 5.11 Å². The lowest BCUT2D eigenvalue weighted by Crippen LogP contribution is -2.31. The second-order valence-corrected chi connectivity index (χ2v) is 4.82. The molecule has 1 aliphatic carbocycles. The quantitative estimate of drug-likeness (QED) is 0.822. The van der Waals surface area contributed by atoms with Crippen molar-refractivity contribution in [3.63, 3.8) is 0 Å². The Kier molecular flexibility index (Phi) is 2.20. The highest BCUT2D eigenvalue weighted by molar-refractivity contribution is 9.10. The van der Waals surface area contributed by atoms with E-state index in [1.807, 2.05) is 17.8 Å². The maximum Gasteiger partial charge on any atom is 0.0842 e. The molecule has 13 heavy (non-hydrogen) atoms. The lowest BCUT2D eigenvalue weighted by molar-refractivity contribution is 0.0221. The van der Waals surface area contributed by atoms with Gasteiger partial charge in [-0.3, -0.25) is 4.68 Å². The van der Waals surface area contributed by atoms with Crippen molar-refractivity contribution in [1.82, 2.24) is 9.78 Å². The number of rotatable bonds is 1. The molecule has 1 fully saturated rings. The van der Waals surface area contributed by atoms with Crippen molar-refractivity contribution in [3.8, 4) is 0 Å². The average Bonchev–Trinajstić information content (AvgIpc) is 2.56. The summed E-state index contributed by atoms with van der Waals surface area (Å²) in [5.41, 5.74) is -0.592. The average molecular weight is 245 g/mol. The summed E-state index contributed by atoms with van der Waals surface area (Å²) < 4.78 is 2.83. The fourth-order valence-corrected chi connectivity index (χ4v) is 2.33. The summed E-state index contributed by atoms with van der Waals surface area (Å²) in [6.45, 7) is 1.89. The van der Waals surface area contributed by atoms with Gasteiger partial charge in [0.15, 0.2) is 0 Å². The predicted octanol–water partition coefficient (Wildman–Crippen LogP) is 2.12. The van der Waals surface area contributed by atoms with E-state index in [2.05, 4.69) is 21.0 Å². The van der Waals surface area contributed by atoms with E-state index in [4.69, 9.17) is 0 Å². The molecule has 0 aliphatic heterocycles. The molecule has 0 aromatic carbocycles. The van der Waals surface area contributed by atoms with Gasteiger partial charge in [0, 0.05) is 6.20 Å². The SMILES string of the molecule is CC1(O)CCCC1n1cc(Br)cn1. The van der Waals surface area contributed by atoms with Crippen LogP contribution in [0, 0.1) is 0 Å². The van der Waals surface area contributed by atoms with Crippen LogP contribution in [0.1, 0.15) is 32.2 Å². The molecule has 72 valence electrons. The summed E-state index contributed by atoms with van der Waals surface area (Å²) in [6.07, 6.45) is 6.64. The van der Waals surface area contributed by atoms with E-state index in [0.29, 0.717) is 0 Å². The van der Waals surface area contributed by atoms with Gasteiger partial charge in [-0.2, -0.15) is 5.10 Å². The molecule has 0 saturated heterocycles. The Bertz CT molecular complexity index is 308. The first kappa shape index (κ1) is 9.21. The topological polar surface area (TPSA) is 38.0 Å². The van der Waals surface area contributed by atoms with Crippen LogP contribution in [0.4, 0.5) is 0 Å². The van der Waals surface area contributed by atoms with Crippen LogP contribution in [0.3, 0.4) is 0 Å². The van der Waals surface area contributed by atoms with Crippen LogP contribution in [0.15, 0.2) is 16.9 Å². The molecular formula is C9H13BrN2O. The first-order valence-electron chi connectivity index (χ1n) is 4.52. The predicted molar refractivity (Wildman–Crippen MR) is 53.4 cm³/mol. The second kappa shape index (κ2) is 3.10. The highest BCUT2D eigenvalue weighted by atomic mass is 79.9. The van der Waals surface area contributed by atoms with Crippen LogP contribution < -0.4 is 0 Å². The van der Waals surface area contributed by atoms with Crippen LogP contribution in [0.2, 0.25) is 0 Å². The third-order valence-electron chi connectivity index (χ3n) is 2.77. The maximum atomic E-state index is 10.0. The van der Waals surface area contributed by atoms with E-state index in [9.17, 15) is 5.11 Å². The standard InChI is InChI=1S/C9H13BrN2O/c1-9(13)4-2-3-8(9)12-6-7(10)5-11-12/h5-6,8,13H,2-4H2,1H3. The zero-order chi connectivity index (χ0) is 9.47. The molecule has 1 aromatic heterocycles. The third-order valence-corrected chi connectivity index (χ3v) is 3.18. The summed E-state index contributed by atoms with van der Waals surface area (Å²) in [5.74, 6) is 0. The van der Waals surface area contributed by atoms with Crippen LogP contribution in [0.5, 0.6) is 0 Å². The van der Waals surface area contributed by atoms with Gasteiger partial charge in [0.1, 0.15) is 0 Å². The van der Waals surface area contributed by atoms with Crippen LogP contribution in [-0.2, 0) is 0 Å². The van der Waals surface area contributed by atoms with E-state index in [1.165, 1.54) is 0 Å². The summed E-state index contributed by atoms with van der Waals surface area (Å²) in [5, 5.41) is 14.2. The molecule has 0 bridgehead atoms. The van der Waals surface area contributed by atoms with Gasteiger partial charge in [-0.05, 0) is 42.1 Å². The lowest BCUT2D eigenvalue weighted by atomic mass is 10.0. The number of aromatic nitrogens is 2. The van der Waals surface area contributed by atoms with Crippen LogP contribution in [-0.4, -0.2) is 20.5 Å². The fourth-order valence-electron chi connectivity index (χ4n) is 2.03. The fraction of sp³-hybridized carbons (Fsp3) is 0.667. The molecular weight excluding hydrogens is 232 g/mol. The van der Waals surface area contributed by atoms with Crippen LogP contribution in [0.25, 0.3) is 0 Å². The molecule has 0 spiro atoms. The summed E-state index contributed by atoms with van der Waals surface area (Å²) in [7, 11) is 0. The van der Waals surface area contributed by atoms with Gasteiger partial charge in [0.05, 0.1) is 22.3 Å². The minimum Gasteiger partial charge on any atom is -0.388 e.